The van der Waals surface area contributed by atoms with Crippen LogP contribution in [0.4, 0.5) is 0 Å². The van der Waals surface area contributed by atoms with E-state index in [1.165, 1.54) is 5.56 Å². The molecule has 1 heterocycles. The first-order chi connectivity index (χ1) is 7.84. The molecule has 0 spiro atoms. The van der Waals surface area contributed by atoms with Crippen molar-refractivity contribution in [2.75, 3.05) is 33.3 Å². The lowest BCUT2D eigenvalue weighted by Crippen LogP contribution is -2.44. The van der Waals surface area contributed by atoms with Crippen LogP contribution in [0.5, 0.6) is 0 Å². The summed E-state index contributed by atoms with van der Waals surface area (Å²) in [7, 11) is 2.14. The molecule has 2 rings (SSSR count). The van der Waals surface area contributed by atoms with Gasteiger partial charge in [-0.1, -0.05) is 30.3 Å². The Morgan fingerprint density at radius 2 is 2.19 bits per heavy atom. The number of likely N-dealkylation sites (N-methyl/N-ethyl adjacent to an activating group) is 1. The zero-order valence-electron chi connectivity index (χ0n) is 9.86. The van der Waals surface area contributed by atoms with Gasteiger partial charge in [0, 0.05) is 26.2 Å². The molecule has 0 amide bonds. The minimum Gasteiger partial charge on any atom is -0.374 e. The predicted molar refractivity (Wildman–Crippen MR) is 65.4 cm³/mol. The van der Waals surface area contributed by atoms with E-state index in [0.717, 1.165) is 32.8 Å². The van der Waals surface area contributed by atoms with E-state index in [4.69, 9.17) is 4.74 Å². The van der Waals surface area contributed by atoms with Crippen molar-refractivity contribution >= 4 is 0 Å². The van der Waals surface area contributed by atoms with Crippen LogP contribution in [0.2, 0.25) is 0 Å². The van der Waals surface area contributed by atoms with Gasteiger partial charge in [0.15, 0.2) is 0 Å². The molecule has 88 valence electrons. The predicted octanol–water partition coefficient (Wildman–Crippen LogP) is 1.11. The zero-order valence-corrected chi connectivity index (χ0v) is 9.86. The van der Waals surface area contributed by atoms with Crippen LogP contribution in [0.25, 0.3) is 0 Å². The number of ether oxygens (including phenoxy) is 1. The maximum Gasteiger partial charge on any atom is 0.0826 e. The highest BCUT2D eigenvalue weighted by Gasteiger charge is 2.15. The molecule has 3 heteroatoms. The number of benzene rings is 1. The first kappa shape index (κ1) is 11.6. The lowest BCUT2D eigenvalue weighted by atomic mass is 10.2. The van der Waals surface area contributed by atoms with Crippen molar-refractivity contribution in [1.82, 2.24) is 10.2 Å². The van der Waals surface area contributed by atoms with Crippen LogP contribution in [-0.4, -0.2) is 44.3 Å². The van der Waals surface area contributed by atoms with Crippen LogP contribution in [0.1, 0.15) is 5.56 Å². The van der Waals surface area contributed by atoms with Crippen molar-refractivity contribution in [3.63, 3.8) is 0 Å². The summed E-state index contributed by atoms with van der Waals surface area (Å²) in [5, 5.41) is 3.35. The molecule has 1 aromatic rings. The Hall–Kier alpha value is -0.900. The third-order valence-electron chi connectivity index (χ3n) is 2.82. The molecule has 1 fully saturated rings. The molecule has 1 unspecified atom stereocenters. The highest BCUT2D eigenvalue weighted by Crippen LogP contribution is 2.05. The van der Waals surface area contributed by atoms with Gasteiger partial charge in [0.25, 0.3) is 0 Å². The normalized spacial score (nSPS) is 21.2. The quantitative estimate of drug-likeness (QED) is 0.822. The average molecular weight is 220 g/mol. The Morgan fingerprint density at radius 1 is 1.38 bits per heavy atom. The Bertz CT molecular complexity index is 296. The molecule has 1 saturated heterocycles. The van der Waals surface area contributed by atoms with E-state index in [9.17, 15) is 0 Å². The van der Waals surface area contributed by atoms with Gasteiger partial charge in [-0.05, 0) is 12.6 Å². The average Bonchev–Trinajstić information content (AvgIpc) is 2.31. The van der Waals surface area contributed by atoms with E-state index in [2.05, 4.69) is 47.6 Å². The van der Waals surface area contributed by atoms with Gasteiger partial charge < -0.3 is 10.1 Å². The van der Waals surface area contributed by atoms with Gasteiger partial charge in [0.2, 0.25) is 0 Å². The Morgan fingerprint density at radius 3 is 2.88 bits per heavy atom. The first-order valence-electron chi connectivity index (χ1n) is 5.89. The standard InChI is InChI=1S/C13H20N2O/c1-15(10-12-5-3-2-4-6-12)11-13-9-14-7-8-16-13/h2-6,13-14H,7-11H2,1H3. The monoisotopic (exact) mass is 220 g/mol. The smallest absolute Gasteiger partial charge is 0.0826 e. The molecule has 0 aromatic heterocycles. The van der Waals surface area contributed by atoms with Crippen LogP contribution in [0.15, 0.2) is 30.3 Å². The summed E-state index contributed by atoms with van der Waals surface area (Å²) >= 11 is 0. The molecule has 1 aliphatic rings. The third-order valence-corrected chi connectivity index (χ3v) is 2.82. The van der Waals surface area contributed by atoms with Gasteiger partial charge in [-0.3, -0.25) is 4.90 Å². The van der Waals surface area contributed by atoms with Gasteiger partial charge >= 0.3 is 0 Å². The number of hydrogen-bond donors (Lipinski definition) is 1. The largest absolute Gasteiger partial charge is 0.374 e. The second kappa shape index (κ2) is 5.99. The molecule has 0 radical (unpaired) electrons. The minimum atomic E-state index is 0.336. The third kappa shape index (κ3) is 3.59. The zero-order chi connectivity index (χ0) is 11.2. The summed E-state index contributed by atoms with van der Waals surface area (Å²) in [5.74, 6) is 0. The number of morpholine rings is 1. The number of nitrogens with zero attached hydrogens (tertiary/aromatic N) is 1. The Balaban J connectivity index is 1.77. The fourth-order valence-corrected chi connectivity index (χ4v) is 2.04. The van der Waals surface area contributed by atoms with Gasteiger partial charge in [-0.15, -0.1) is 0 Å². The van der Waals surface area contributed by atoms with Crippen molar-refractivity contribution < 1.29 is 4.74 Å². The van der Waals surface area contributed by atoms with Crippen molar-refractivity contribution in [3.05, 3.63) is 35.9 Å². The summed E-state index contributed by atoms with van der Waals surface area (Å²) in [6.07, 6.45) is 0.336. The lowest BCUT2D eigenvalue weighted by molar-refractivity contribution is 0.00885. The van der Waals surface area contributed by atoms with Crippen molar-refractivity contribution in [2.24, 2.45) is 0 Å². The maximum atomic E-state index is 5.68. The van der Waals surface area contributed by atoms with E-state index in [1.807, 2.05) is 0 Å². The topological polar surface area (TPSA) is 24.5 Å². The maximum absolute atomic E-state index is 5.68. The van der Waals surface area contributed by atoms with E-state index in [0.29, 0.717) is 6.10 Å². The lowest BCUT2D eigenvalue weighted by Gasteiger charge is -2.28. The minimum absolute atomic E-state index is 0.336. The van der Waals surface area contributed by atoms with E-state index >= 15 is 0 Å². The summed E-state index contributed by atoms with van der Waals surface area (Å²) in [6, 6.07) is 10.5. The highest BCUT2D eigenvalue weighted by atomic mass is 16.5. The van der Waals surface area contributed by atoms with Crippen molar-refractivity contribution in [2.45, 2.75) is 12.6 Å². The summed E-state index contributed by atoms with van der Waals surface area (Å²) in [5.41, 5.74) is 1.36. The van der Waals surface area contributed by atoms with E-state index in [-0.39, 0.29) is 0 Å². The fraction of sp³-hybridized carbons (Fsp3) is 0.538. The van der Waals surface area contributed by atoms with Crippen molar-refractivity contribution in [3.8, 4) is 0 Å². The molecule has 16 heavy (non-hydrogen) atoms. The second-order valence-corrected chi connectivity index (χ2v) is 4.38. The second-order valence-electron chi connectivity index (χ2n) is 4.38. The molecule has 3 nitrogen and oxygen atoms in total. The Kier molecular flexibility index (Phi) is 4.34. The molecule has 1 N–H and O–H groups in total. The van der Waals surface area contributed by atoms with Gasteiger partial charge in [0.05, 0.1) is 12.7 Å². The van der Waals surface area contributed by atoms with Crippen LogP contribution >= 0.6 is 0 Å². The SMILES string of the molecule is CN(Cc1ccccc1)CC1CNCCO1. The summed E-state index contributed by atoms with van der Waals surface area (Å²) in [4.78, 5) is 2.31. The number of hydrogen-bond acceptors (Lipinski definition) is 3. The Labute approximate surface area is 97.4 Å². The van der Waals surface area contributed by atoms with E-state index < -0.39 is 0 Å². The molecule has 0 saturated carbocycles. The molecule has 1 aromatic carbocycles. The molecule has 0 bridgehead atoms. The molecule has 1 aliphatic heterocycles. The fourth-order valence-electron chi connectivity index (χ4n) is 2.04. The van der Waals surface area contributed by atoms with Crippen LogP contribution in [0.3, 0.4) is 0 Å². The van der Waals surface area contributed by atoms with Crippen LogP contribution < -0.4 is 5.32 Å². The molecular weight excluding hydrogens is 200 g/mol. The summed E-state index contributed by atoms with van der Waals surface area (Å²) < 4.78 is 5.68. The molecule has 1 atom stereocenters. The van der Waals surface area contributed by atoms with Gasteiger partial charge in [0.1, 0.15) is 0 Å². The number of rotatable bonds is 4. The van der Waals surface area contributed by atoms with Gasteiger partial charge in [-0.2, -0.15) is 0 Å². The van der Waals surface area contributed by atoms with Gasteiger partial charge in [-0.25, -0.2) is 0 Å². The van der Waals surface area contributed by atoms with Crippen LogP contribution in [-0.2, 0) is 11.3 Å². The highest BCUT2D eigenvalue weighted by molar-refractivity contribution is 5.14. The first-order valence-corrected chi connectivity index (χ1v) is 5.89. The molecular formula is C13H20N2O. The van der Waals surface area contributed by atoms with E-state index in [1.54, 1.807) is 0 Å². The molecule has 0 aliphatic carbocycles. The van der Waals surface area contributed by atoms with Crippen molar-refractivity contribution in [1.29, 1.82) is 0 Å². The van der Waals surface area contributed by atoms with Crippen LogP contribution in [0, 0.1) is 0 Å². The number of nitrogens with one attached hydrogen (secondary N) is 1. The summed E-state index contributed by atoms with van der Waals surface area (Å²) in [6.45, 7) is 4.77.